The Morgan fingerprint density at radius 3 is 2.38 bits per heavy atom. The summed E-state index contributed by atoms with van der Waals surface area (Å²) in [5.74, 6) is 0.0327. The Morgan fingerprint density at radius 2 is 1.62 bits per heavy atom. The van der Waals surface area contributed by atoms with Crippen LogP contribution in [-0.4, -0.2) is 32.6 Å². The molecule has 0 N–H and O–H groups in total. The van der Waals surface area contributed by atoms with Crippen LogP contribution in [0.15, 0.2) is 82.8 Å². The van der Waals surface area contributed by atoms with E-state index in [0.29, 0.717) is 0 Å². The van der Waals surface area contributed by atoms with Gasteiger partial charge in [0, 0.05) is 41.3 Å². The molecule has 0 atom stereocenters. The van der Waals surface area contributed by atoms with Gasteiger partial charge in [0.25, 0.3) is 5.91 Å². The van der Waals surface area contributed by atoms with Crippen LogP contribution in [0.25, 0.3) is 27.8 Å². The van der Waals surface area contributed by atoms with E-state index in [-0.39, 0.29) is 18.0 Å². The number of fused-ring (bicyclic) bond motifs is 2. The standard InChI is InChI=1S/C29H29N3OS/c1-19(2)30-29-32(20(3)4)28(33)27(34-29)16-23-18-31(26-15-8-7-14-25(23)26)17-22-12-9-11-21-10-5-6-13-24(21)22/h5-16,18-20H,17H2,1-4H3/b27-16+,30-29?. The average Bonchev–Trinajstić information content (AvgIpc) is 3.31. The van der Waals surface area contributed by atoms with Gasteiger partial charge in [0.2, 0.25) is 0 Å². The molecule has 172 valence electrons. The first-order valence-corrected chi connectivity index (χ1v) is 12.6. The van der Waals surface area contributed by atoms with Crippen molar-refractivity contribution in [2.45, 2.75) is 46.3 Å². The Morgan fingerprint density at radius 1 is 0.912 bits per heavy atom. The lowest BCUT2D eigenvalue weighted by atomic mass is 10.0. The lowest BCUT2D eigenvalue weighted by Gasteiger charge is -2.20. The van der Waals surface area contributed by atoms with E-state index in [4.69, 9.17) is 4.99 Å². The lowest BCUT2D eigenvalue weighted by Crippen LogP contribution is -2.35. The molecule has 1 amide bonds. The number of hydrogen-bond donors (Lipinski definition) is 0. The molecule has 0 spiro atoms. The van der Waals surface area contributed by atoms with E-state index in [1.54, 1.807) is 0 Å². The smallest absolute Gasteiger partial charge is 0.266 e. The minimum Gasteiger partial charge on any atom is -0.342 e. The predicted octanol–water partition coefficient (Wildman–Crippen LogP) is 6.93. The van der Waals surface area contributed by atoms with E-state index in [9.17, 15) is 4.79 Å². The Hall–Kier alpha value is -3.31. The highest BCUT2D eigenvalue weighted by Gasteiger charge is 2.35. The largest absolute Gasteiger partial charge is 0.342 e. The monoisotopic (exact) mass is 467 g/mol. The molecular formula is C29H29N3OS. The van der Waals surface area contributed by atoms with Gasteiger partial charge in [0.1, 0.15) is 0 Å². The quantitative estimate of drug-likeness (QED) is 0.298. The van der Waals surface area contributed by atoms with Crippen LogP contribution in [0.3, 0.4) is 0 Å². The zero-order chi connectivity index (χ0) is 23.8. The Kier molecular flexibility index (Phi) is 6.05. The van der Waals surface area contributed by atoms with Crippen molar-refractivity contribution in [2.75, 3.05) is 0 Å². The van der Waals surface area contributed by atoms with Crippen LogP contribution in [0, 0.1) is 0 Å². The van der Waals surface area contributed by atoms with Crippen LogP contribution < -0.4 is 0 Å². The van der Waals surface area contributed by atoms with Crippen molar-refractivity contribution >= 4 is 50.6 Å². The van der Waals surface area contributed by atoms with Crippen LogP contribution in [0.4, 0.5) is 0 Å². The third-order valence-corrected chi connectivity index (χ3v) is 7.05. The zero-order valence-electron chi connectivity index (χ0n) is 20.0. The molecule has 2 heterocycles. The molecule has 4 nitrogen and oxygen atoms in total. The number of hydrogen-bond acceptors (Lipinski definition) is 3. The fourth-order valence-corrected chi connectivity index (χ4v) is 5.75. The topological polar surface area (TPSA) is 37.6 Å². The maximum Gasteiger partial charge on any atom is 0.266 e. The van der Waals surface area contributed by atoms with Gasteiger partial charge in [-0.25, -0.2) is 0 Å². The number of carbonyl (C=O) groups is 1. The summed E-state index contributed by atoms with van der Waals surface area (Å²) in [7, 11) is 0. The highest BCUT2D eigenvalue weighted by Crippen LogP contribution is 2.36. The second kappa shape index (κ2) is 9.15. The fraction of sp³-hybridized carbons (Fsp3) is 0.241. The first kappa shape index (κ1) is 22.5. The van der Waals surface area contributed by atoms with E-state index in [1.165, 1.54) is 28.1 Å². The molecule has 1 aliphatic rings. The second-order valence-corrected chi connectivity index (χ2v) is 10.3. The summed E-state index contributed by atoms with van der Waals surface area (Å²) < 4.78 is 2.29. The van der Waals surface area contributed by atoms with Gasteiger partial charge in [-0.2, -0.15) is 0 Å². The van der Waals surface area contributed by atoms with Crippen LogP contribution in [0.5, 0.6) is 0 Å². The number of rotatable bonds is 5. The molecule has 0 unspecified atom stereocenters. The van der Waals surface area contributed by atoms with E-state index >= 15 is 0 Å². The van der Waals surface area contributed by atoms with Crippen molar-refractivity contribution in [3.05, 3.63) is 89.0 Å². The third kappa shape index (κ3) is 4.16. The van der Waals surface area contributed by atoms with Crippen molar-refractivity contribution < 1.29 is 4.79 Å². The highest BCUT2D eigenvalue weighted by molar-refractivity contribution is 8.18. The summed E-state index contributed by atoms with van der Waals surface area (Å²) in [6.07, 6.45) is 4.21. The molecule has 5 heteroatoms. The van der Waals surface area contributed by atoms with Crippen LogP contribution >= 0.6 is 11.8 Å². The summed E-state index contributed by atoms with van der Waals surface area (Å²) in [5.41, 5.74) is 3.50. The number of aliphatic imine (C=N–C) groups is 1. The molecule has 3 aromatic carbocycles. The van der Waals surface area contributed by atoms with Crippen molar-refractivity contribution in [1.29, 1.82) is 0 Å². The number of aromatic nitrogens is 1. The lowest BCUT2D eigenvalue weighted by molar-refractivity contribution is -0.123. The van der Waals surface area contributed by atoms with Crippen molar-refractivity contribution in [3.63, 3.8) is 0 Å². The molecule has 4 aromatic rings. The number of nitrogens with zero attached hydrogens (tertiary/aromatic N) is 3. The number of benzene rings is 3. The van der Waals surface area contributed by atoms with Crippen LogP contribution in [0.2, 0.25) is 0 Å². The summed E-state index contributed by atoms with van der Waals surface area (Å²) >= 11 is 1.48. The maximum atomic E-state index is 13.3. The first-order valence-electron chi connectivity index (χ1n) is 11.8. The van der Waals surface area contributed by atoms with Gasteiger partial charge < -0.3 is 4.57 Å². The normalized spacial score (nSPS) is 16.9. The molecule has 0 bridgehead atoms. The van der Waals surface area contributed by atoms with Crippen LogP contribution in [-0.2, 0) is 11.3 Å². The molecule has 0 aliphatic carbocycles. The first-order chi connectivity index (χ1) is 16.4. The van der Waals surface area contributed by atoms with Gasteiger partial charge in [-0.1, -0.05) is 60.7 Å². The van der Waals surface area contributed by atoms with Crippen molar-refractivity contribution in [1.82, 2.24) is 9.47 Å². The number of amides is 1. The zero-order valence-corrected chi connectivity index (χ0v) is 20.8. The minimum atomic E-state index is 0.0327. The second-order valence-electron chi connectivity index (χ2n) is 9.25. The Balaban J connectivity index is 1.57. The van der Waals surface area contributed by atoms with E-state index in [1.807, 2.05) is 38.7 Å². The maximum absolute atomic E-state index is 13.3. The van der Waals surface area contributed by atoms with Crippen molar-refractivity contribution in [3.8, 4) is 0 Å². The molecule has 0 saturated carbocycles. The average molecular weight is 468 g/mol. The number of para-hydroxylation sites is 1. The molecule has 1 fully saturated rings. The molecule has 5 rings (SSSR count). The van der Waals surface area contributed by atoms with E-state index < -0.39 is 0 Å². The van der Waals surface area contributed by atoms with Gasteiger partial charge in [-0.3, -0.25) is 14.7 Å². The van der Waals surface area contributed by atoms with Gasteiger partial charge in [0.15, 0.2) is 5.17 Å². The highest BCUT2D eigenvalue weighted by atomic mass is 32.2. The molecule has 1 aliphatic heterocycles. The van der Waals surface area contributed by atoms with Gasteiger partial charge in [0.05, 0.1) is 4.91 Å². The number of amidine groups is 1. The summed E-state index contributed by atoms with van der Waals surface area (Å²) in [6.45, 7) is 8.92. The van der Waals surface area contributed by atoms with Gasteiger partial charge in [-0.05, 0) is 67.9 Å². The fourth-order valence-electron chi connectivity index (χ4n) is 4.53. The number of carbonyl (C=O) groups excluding carboxylic acids is 1. The summed E-state index contributed by atoms with van der Waals surface area (Å²) in [4.78, 5) is 20.5. The predicted molar refractivity (Wildman–Crippen MR) is 145 cm³/mol. The SMILES string of the molecule is CC(C)N=C1S/C(=C/c2cn(Cc3cccc4ccccc34)c3ccccc23)C(=O)N1C(C)C. The molecule has 0 radical (unpaired) electrons. The van der Waals surface area contributed by atoms with E-state index in [0.717, 1.165) is 33.1 Å². The molecule has 34 heavy (non-hydrogen) atoms. The number of thioether (sulfide) groups is 1. The van der Waals surface area contributed by atoms with Gasteiger partial charge in [-0.15, -0.1) is 0 Å². The van der Waals surface area contributed by atoms with Crippen molar-refractivity contribution in [2.24, 2.45) is 4.99 Å². The van der Waals surface area contributed by atoms with E-state index in [2.05, 4.69) is 77.5 Å². The summed E-state index contributed by atoms with van der Waals surface area (Å²) in [6, 6.07) is 23.6. The Labute approximate surface area is 205 Å². The van der Waals surface area contributed by atoms with Gasteiger partial charge >= 0.3 is 0 Å². The summed E-state index contributed by atoms with van der Waals surface area (Å²) in [5, 5.41) is 4.46. The molecule has 1 saturated heterocycles. The minimum absolute atomic E-state index is 0.0327. The Bertz CT molecular complexity index is 1440. The third-order valence-electron chi connectivity index (χ3n) is 6.05. The van der Waals surface area contributed by atoms with Crippen LogP contribution in [0.1, 0.15) is 38.8 Å². The molecular weight excluding hydrogens is 438 g/mol. The molecule has 1 aromatic heterocycles.